The number of aliphatic imine (C=N–C) groups is 1. The quantitative estimate of drug-likeness (QED) is 0.0785. The van der Waals surface area contributed by atoms with E-state index in [0.29, 0.717) is 23.0 Å². The fourth-order valence-corrected chi connectivity index (χ4v) is 6.53. The van der Waals surface area contributed by atoms with E-state index < -0.39 is 11.5 Å². The van der Waals surface area contributed by atoms with Crippen LogP contribution in [-0.4, -0.2) is 40.5 Å². The van der Waals surface area contributed by atoms with Crippen LogP contribution in [0, 0.1) is 23.2 Å². The molecule has 1 heterocycles. The number of unbranched alkanes of at least 4 members (excludes halogenated alkanes) is 2. The summed E-state index contributed by atoms with van der Waals surface area (Å²) in [6.45, 7) is 6.58. The molecule has 1 aliphatic heterocycles. The van der Waals surface area contributed by atoms with Crippen LogP contribution in [0.25, 0.3) is 0 Å². The lowest BCUT2D eigenvalue weighted by molar-refractivity contribution is -0.133. The van der Waals surface area contributed by atoms with Gasteiger partial charge in [0.05, 0.1) is 12.6 Å². The molecule has 4 N–H and O–H groups in total. The van der Waals surface area contributed by atoms with E-state index in [-0.39, 0.29) is 41.0 Å². The van der Waals surface area contributed by atoms with Crippen molar-refractivity contribution in [3.05, 3.63) is 70.0 Å². The van der Waals surface area contributed by atoms with Crippen LogP contribution in [0.5, 0.6) is 0 Å². The summed E-state index contributed by atoms with van der Waals surface area (Å²) in [6, 6.07) is 11.1. The molecule has 0 radical (unpaired) electrons. The van der Waals surface area contributed by atoms with E-state index in [9.17, 15) is 14.0 Å². The monoisotopic (exact) mass is 609 g/mol. The highest BCUT2D eigenvalue weighted by atomic mass is 35.5. The number of nitrogens with zero attached hydrogens (tertiary/aromatic N) is 4. The van der Waals surface area contributed by atoms with E-state index in [1.165, 1.54) is 12.1 Å². The van der Waals surface area contributed by atoms with E-state index in [0.717, 1.165) is 56.9 Å². The van der Waals surface area contributed by atoms with E-state index >= 15 is 0 Å². The summed E-state index contributed by atoms with van der Waals surface area (Å²) >= 11 is 6.20. The fourth-order valence-electron chi connectivity index (χ4n) is 6.31. The number of amides is 2. The Bertz CT molecular complexity index is 1360. The van der Waals surface area contributed by atoms with Gasteiger partial charge in [0, 0.05) is 16.1 Å². The molecular weight excluding hydrogens is 569 g/mol. The Morgan fingerprint density at radius 2 is 1.91 bits per heavy atom. The smallest absolute Gasteiger partial charge is 0.275 e. The highest BCUT2D eigenvalue weighted by Gasteiger charge is 2.52. The maximum absolute atomic E-state index is 14.4. The van der Waals surface area contributed by atoms with Crippen LogP contribution < -0.4 is 11.1 Å². The first-order chi connectivity index (χ1) is 20.6. The van der Waals surface area contributed by atoms with Gasteiger partial charge in [-0.2, -0.15) is 5.53 Å². The van der Waals surface area contributed by atoms with Crippen molar-refractivity contribution in [3.8, 4) is 0 Å². The molecule has 1 saturated carbocycles. The van der Waals surface area contributed by atoms with Crippen molar-refractivity contribution in [2.45, 2.75) is 83.8 Å². The minimum Gasteiger partial charge on any atom is -0.384 e. The molecule has 11 heteroatoms. The van der Waals surface area contributed by atoms with Crippen molar-refractivity contribution in [3.63, 3.8) is 0 Å². The van der Waals surface area contributed by atoms with Crippen LogP contribution in [0.2, 0.25) is 5.02 Å². The molecule has 9 nitrogen and oxygen atoms in total. The molecule has 43 heavy (non-hydrogen) atoms. The molecule has 230 valence electrons. The lowest BCUT2D eigenvalue weighted by atomic mass is 9.76. The SMILES string of the molecule is CCCCCC(c1ccc(C(=O)NCC(N)=NN=N)cc1)N1C(=O)C(c2cc(F)cc(Cl)c2)=NC12CCC(C(C)C)CC2. The first-order valence-corrected chi connectivity index (χ1v) is 15.4. The van der Waals surface area contributed by atoms with Crippen molar-refractivity contribution in [1.29, 1.82) is 5.53 Å². The van der Waals surface area contributed by atoms with E-state index in [2.05, 4.69) is 36.4 Å². The molecule has 0 bridgehead atoms. The van der Waals surface area contributed by atoms with Crippen molar-refractivity contribution >= 4 is 35.0 Å². The first-order valence-electron chi connectivity index (χ1n) is 15.1. The van der Waals surface area contributed by atoms with Gasteiger partial charge in [0.15, 0.2) is 0 Å². The topological polar surface area (TPSA) is 136 Å². The molecule has 1 unspecified atom stereocenters. The zero-order valence-electron chi connectivity index (χ0n) is 25.1. The Labute approximate surface area is 257 Å². The summed E-state index contributed by atoms with van der Waals surface area (Å²) in [5.74, 6) is 0.0426. The number of halogens is 2. The van der Waals surface area contributed by atoms with Gasteiger partial charge in [-0.25, -0.2) is 4.39 Å². The first kappa shape index (κ1) is 32.3. The Kier molecular flexibility index (Phi) is 10.7. The highest BCUT2D eigenvalue weighted by molar-refractivity contribution is 6.47. The molecule has 0 saturated heterocycles. The lowest BCUT2D eigenvalue weighted by Crippen LogP contribution is -2.51. The molecule has 2 aromatic carbocycles. The Hall–Kier alpha value is -3.66. The number of carbonyl (C=O) groups excluding carboxylic acids is 2. The molecule has 1 atom stereocenters. The van der Waals surface area contributed by atoms with Crippen molar-refractivity contribution in [2.24, 2.45) is 32.9 Å². The fraction of sp³-hybridized carbons (Fsp3) is 0.500. The van der Waals surface area contributed by atoms with E-state index in [1.807, 2.05) is 17.0 Å². The third-order valence-electron chi connectivity index (χ3n) is 8.66. The number of nitrogens with two attached hydrogens (primary N) is 1. The summed E-state index contributed by atoms with van der Waals surface area (Å²) in [5, 5.41) is 9.16. The number of nitrogens with one attached hydrogen (secondary N) is 2. The predicted molar refractivity (Wildman–Crippen MR) is 167 cm³/mol. The van der Waals surface area contributed by atoms with Gasteiger partial charge in [-0.15, -0.1) is 5.10 Å². The Balaban J connectivity index is 1.70. The molecule has 2 aromatic rings. The van der Waals surface area contributed by atoms with Crippen molar-refractivity contribution in [1.82, 2.24) is 10.2 Å². The summed E-state index contributed by atoms with van der Waals surface area (Å²) in [6.07, 6.45) is 7.05. The van der Waals surface area contributed by atoms with Crippen LogP contribution in [0.4, 0.5) is 4.39 Å². The zero-order chi connectivity index (χ0) is 31.1. The number of amidine groups is 1. The van der Waals surface area contributed by atoms with Crippen molar-refractivity contribution < 1.29 is 14.0 Å². The minimum absolute atomic E-state index is 0.0244. The van der Waals surface area contributed by atoms with Gasteiger partial charge < -0.3 is 16.0 Å². The van der Waals surface area contributed by atoms with Gasteiger partial charge in [-0.05, 0) is 79.8 Å². The van der Waals surface area contributed by atoms with E-state index in [4.69, 9.17) is 27.9 Å². The number of rotatable bonds is 12. The molecule has 1 aliphatic carbocycles. The molecule has 2 aliphatic rings. The highest BCUT2D eigenvalue weighted by Crippen LogP contribution is 2.48. The Morgan fingerprint density at radius 1 is 1.21 bits per heavy atom. The third kappa shape index (κ3) is 7.47. The second-order valence-electron chi connectivity index (χ2n) is 11.9. The zero-order valence-corrected chi connectivity index (χ0v) is 25.8. The van der Waals surface area contributed by atoms with Crippen LogP contribution in [0.15, 0.2) is 57.8 Å². The van der Waals surface area contributed by atoms with E-state index in [1.54, 1.807) is 18.2 Å². The maximum atomic E-state index is 14.4. The lowest BCUT2D eigenvalue weighted by Gasteiger charge is -2.46. The summed E-state index contributed by atoms with van der Waals surface area (Å²) in [4.78, 5) is 34.1. The second-order valence-corrected chi connectivity index (χ2v) is 12.3. The van der Waals surface area contributed by atoms with Crippen LogP contribution in [-0.2, 0) is 4.79 Å². The minimum atomic E-state index is -0.733. The van der Waals surface area contributed by atoms with Gasteiger partial charge in [-0.3, -0.25) is 14.6 Å². The standard InChI is InChI=1S/C32H41ClFN7O2/c1-4-5-6-7-27(22-8-10-23(11-9-22)30(42)37-19-28(35)39-40-36)41-31(43)29(24-16-25(33)18-26(34)17-24)38-32(41)14-12-21(13-15-32)20(2)3/h8-11,16-18,20-21,27H,4-7,12-15,19H2,1-3H3,(H,37,42)(H3,35,36,39). The van der Waals surface area contributed by atoms with Crippen molar-refractivity contribution in [2.75, 3.05) is 6.54 Å². The molecule has 4 rings (SSSR count). The largest absolute Gasteiger partial charge is 0.384 e. The van der Waals surface area contributed by atoms with Gasteiger partial charge in [0.25, 0.3) is 11.8 Å². The average molecular weight is 610 g/mol. The maximum Gasteiger partial charge on any atom is 0.275 e. The normalized spacial score (nSPS) is 21.3. The molecular formula is C32H41ClFN7O2. The number of hydrogen-bond donors (Lipinski definition) is 3. The molecule has 1 fully saturated rings. The Morgan fingerprint density at radius 3 is 2.51 bits per heavy atom. The molecule has 1 spiro atoms. The van der Waals surface area contributed by atoms with Crippen LogP contribution in [0.1, 0.15) is 99.7 Å². The number of benzene rings is 2. The van der Waals surface area contributed by atoms with Gasteiger partial charge in [0.1, 0.15) is 23.0 Å². The van der Waals surface area contributed by atoms with Gasteiger partial charge in [0.2, 0.25) is 0 Å². The molecule has 2 amide bonds. The predicted octanol–water partition coefficient (Wildman–Crippen LogP) is 7.01. The number of hydrogen-bond acceptors (Lipinski definition) is 5. The van der Waals surface area contributed by atoms with Crippen LogP contribution >= 0.6 is 11.6 Å². The van der Waals surface area contributed by atoms with Crippen LogP contribution in [0.3, 0.4) is 0 Å². The summed E-state index contributed by atoms with van der Waals surface area (Å²) in [7, 11) is 0. The van der Waals surface area contributed by atoms with Gasteiger partial charge in [-0.1, -0.05) is 69.0 Å². The number of carbonyl (C=O) groups is 2. The molecule has 0 aromatic heterocycles. The third-order valence-corrected chi connectivity index (χ3v) is 8.88. The summed E-state index contributed by atoms with van der Waals surface area (Å²) in [5.41, 5.74) is 13.6. The van der Waals surface area contributed by atoms with Gasteiger partial charge >= 0.3 is 0 Å². The average Bonchev–Trinajstić information content (AvgIpc) is 3.25. The second kappa shape index (κ2) is 14.2. The summed E-state index contributed by atoms with van der Waals surface area (Å²) < 4.78 is 14.4.